The van der Waals surface area contributed by atoms with E-state index in [4.69, 9.17) is 4.42 Å². The topological polar surface area (TPSA) is 73.9 Å². The largest absolute Gasteiger partial charge is 0.508 e. The van der Waals surface area contributed by atoms with E-state index in [-0.39, 0.29) is 23.7 Å². The molecule has 2 N–H and O–H groups in total. The molecule has 0 aliphatic heterocycles. The first kappa shape index (κ1) is 17.8. The second kappa shape index (κ2) is 6.95. The molecule has 0 radical (unpaired) electrons. The van der Waals surface area contributed by atoms with Gasteiger partial charge in [-0.3, -0.25) is 0 Å². The smallest absolute Gasteiger partial charge is 0.340 e. The lowest BCUT2D eigenvalue weighted by Gasteiger charge is -2.12. The van der Waals surface area contributed by atoms with Gasteiger partial charge >= 0.3 is 5.97 Å². The Kier molecular flexibility index (Phi) is 5.17. The number of carboxylic acid groups (broad SMARTS) is 1. The minimum atomic E-state index is -1.08. The van der Waals surface area contributed by atoms with Gasteiger partial charge in [-0.15, -0.1) is 12.4 Å². The number of rotatable bonds is 4. The van der Waals surface area contributed by atoms with E-state index in [0.717, 1.165) is 0 Å². The standard InChI is InChI=1S/C18H17NO4.ClH/c1-19(2)10-12-13(20)8-9-14-15(12)16(18(21)22)17(23-14)11-6-4-3-5-7-11;/h3-9,20H,10H2,1-2H3,(H,21,22);1H. The number of phenolic OH excluding ortho intramolecular Hbond substituents is 1. The van der Waals surface area contributed by atoms with E-state index in [1.165, 1.54) is 6.07 Å². The lowest BCUT2D eigenvalue weighted by molar-refractivity contribution is 0.0699. The molecule has 3 aromatic rings. The molecule has 126 valence electrons. The molecular formula is C18H18ClNO4. The Labute approximate surface area is 145 Å². The number of aromatic hydroxyl groups is 1. The van der Waals surface area contributed by atoms with Crippen LogP contribution in [0.2, 0.25) is 0 Å². The number of hydrogen-bond acceptors (Lipinski definition) is 4. The Balaban J connectivity index is 0.00000208. The van der Waals surface area contributed by atoms with Crippen LogP contribution in [0.15, 0.2) is 46.9 Å². The fourth-order valence-electron chi connectivity index (χ4n) is 2.72. The number of nitrogens with zero attached hydrogens (tertiary/aromatic N) is 1. The summed E-state index contributed by atoms with van der Waals surface area (Å²) in [6.45, 7) is 0.414. The zero-order valence-corrected chi connectivity index (χ0v) is 14.1. The van der Waals surface area contributed by atoms with E-state index in [1.807, 2.05) is 37.2 Å². The Morgan fingerprint density at radius 2 is 1.79 bits per heavy atom. The van der Waals surface area contributed by atoms with Crippen LogP contribution in [-0.4, -0.2) is 35.2 Å². The van der Waals surface area contributed by atoms with Crippen molar-refractivity contribution >= 4 is 29.3 Å². The van der Waals surface area contributed by atoms with E-state index < -0.39 is 5.97 Å². The van der Waals surface area contributed by atoms with Gasteiger partial charge < -0.3 is 19.5 Å². The predicted octanol–water partition coefficient (Wildman–Crippen LogP) is 3.99. The molecule has 6 heteroatoms. The zero-order valence-electron chi connectivity index (χ0n) is 13.3. The fourth-order valence-corrected chi connectivity index (χ4v) is 2.72. The van der Waals surface area contributed by atoms with Crippen LogP contribution in [-0.2, 0) is 6.54 Å². The molecule has 5 nitrogen and oxygen atoms in total. The second-order valence-electron chi connectivity index (χ2n) is 5.65. The van der Waals surface area contributed by atoms with Crippen molar-refractivity contribution in [2.45, 2.75) is 6.54 Å². The molecule has 0 saturated carbocycles. The van der Waals surface area contributed by atoms with Gasteiger partial charge in [-0.05, 0) is 26.2 Å². The number of furan rings is 1. The molecule has 0 fully saturated rings. The Hall–Kier alpha value is -2.50. The van der Waals surface area contributed by atoms with E-state index in [0.29, 0.717) is 34.4 Å². The minimum Gasteiger partial charge on any atom is -0.508 e. The lowest BCUT2D eigenvalue weighted by Crippen LogP contribution is -2.11. The zero-order chi connectivity index (χ0) is 16.6. The summed E-state index contributed by atoms with van der Waals surface area (Å²) in [6, 6.07) is 12.2. The van der Waals surface area contributed by atoms with Crippen LogP contribution in [0.3, 0.4) is 0 Å². The van der Waals surface area contributed by atoms with E-state index in [1.54, 1.807) is 18.2 Å². The summed E-state index contributed by atoms with van der Waals surface area (Å²) < 4.78 is 5.81. The molecule has 0 bridgehead atoms. The van der Waals surface area contributed by atoms with Crippen LogP contribution < -0.4 is 0 Å². The summed E-state index contributed by atoms with van der Waals surface area (Å²) in [7, 11) is 3.72. The molecule has 24 heavy (non-hydrogen) atoms. The van der Waals surface area contributed by atoms with Crippen LogP contribution in [0.5, 0.6) is 5.75 Å². The van der Waals surface area contributed by atoms with Crippen LogP contribution in [0.25, 0.3) is 22.3 Å². The highest BCUT2D eigenvalue weighted by atomic mass is 35.5. The van der Waals surface area contributed by atoms with Crippen LogP contribution in [0, 0.1) is 0 Å². The highest BCUT2D eigenvalue weighted by Crippen LogP contribution is 2.38. The van der Waals surface area contributed by atoms with Crippen molar-refractivity contribution in [2.24, 2.45) is 0 Å². The summed E-state index contributed by atoms with van der Waals surface area (Å²) in [6.07, 6.45) is 0. The average Bonchev–Trinajstić information content (AvgIpc) is 2.91. The van der Waals surface area contributed by atoms with Crippen LogP contribution in [0.1, 0.15) is 15.9 Å². The number of halogens is 1. The Morgan fingerprint density at radius 3 is 2.38 bits per heavy atom. The third-order valence-electron chi connectivity index (χ3n) is 3.66. The number of phenols is 1. The van der Waals surface area contributed by atoms with Gasteiger partial charge in [-0.25, -0.2) is 4.79 Å². The highest BCUT2D eigenvalue weighted by Gasteiger charge is 2.25. The number of hydrogen-bond donors (Lipinski definition) is 2. The molecule has 0 amide bonds. The Bertz CT molecular complexity index is 872. The van der Waals surface area contributed by atoms with Gasteiger partial charge in [0.2, 0.25) is 0 Å². The maximum atomic E-state index is 11.9. The molecular weight excluding hydrogens is 330 g/mol. The molecule has 3 rings (SSSR count). The van der Waals surface area contributed by atoms with E-state index in [9.17, 15) is 15.0 Å². The quantitative estimate of drug-likeness (QED) is 0.746. The lowest BCUT2D eigenvalue weighted by atomic mass is 10.0. The summed E-state index contributed by atoms with van der Waals surface area (Å²) in [5, 5.41) is 20.3. The monoisotopic (exact) mass is 347 g/mol. The first-order valence-corrected chi connectivity index (χ1v) is 7.20. The van der Waals surface area contributed by atoms with Crippen molar-refractivity contribution < 1.29 is 19.4 Å². The molecule has 0 atom stereocenters. The van der Waals surface area contributed by atoms with Gasteiger partial charge in [0.25, 0.3) is 0 Å². The van der Waals surface area contributed by atoms with Crippen molar-refractivity contribution in [2.75, 3.05) is 14.1 Å². The van der Waals surface area contributed by atoms with Crippen molar-refractivity contribution in [3.8, 4) is 17.1 Å². The van der Waals surface area contributed by atoms with Gasteiger partial charge in [0.1, 0.15) is 22.7 Å². The van der Waals surface area contributed by atoms with Gasteiger partial charge in [0, 0.05) is 23.1 Å². The van der Waals surface area contributed by atoms with Crippen LogP contribution >= 0.6 is 12.4 Å². The molecule has 1 aromatic heterocycles. The molecule has 1 heterocycles. The van der Waals surface area contributed by atoms with Gasteiger partial charge in [-0.2, -0.15) is 0 Å². The summed E-state index contributed by atoms with van der Waals surface area (Å²) in [5.41, 5.74) is 1.78. The number of benzene rings is 2. The molecule has 0 aliphatic carbocycles. The van der Waals surface area contributed by atoms with Crippen molar-refractivity contribution in [1.82, 2.24) is 4.90 Å². The predicted molar refractivity (Wildman–Crippen MR) is 94.9 cm³/mol. The normalized spacial score (nSPS) is 10.8. The molecule has 0 aliphatic rings. The first-order chi connectivity index (χ1) is 11.0. The summed E-state index contributed by atoms with van der Waals surface area (Å²) >= 11 is 0. The van der Waals surface area contributed by atoms with Crippen molar-refractivity contribution in [3.05, 3.63) is 53.6 Å². The minimum absolute atomic E-state index is 0. The van der Waals surface area contributed by atoms with Gasteiger partial charge in [-0.1, -0.05) is 30.3 Å². The molecule has 0 saturated heterocycles. The molecule has 2 aromatic carbocycles. The SMILES string of the molecule is CN(C)Cc1c(O)ccc2oc(-c3ccccc3)c(C(=O)O)c12.Cl. The maximum absolute atomic E-state index is 11.9. The van der Waals surface area contributed by atoms with Crippen LogP contribution in [0.4, 0.5) is 0 Å². The third-order valence-corrected chi connectivity index (χ3v) is 3.66. The fraction of sp³-hybridized carbons (Fsp3) is 0.167. The van der Waals surface area contributed by atoms with Crippen molar-refractivity contribution in [1.29, 1.82) is 0 Å². The Morgan fingerprint density at radius 1 is 1.12 bits per heavy atom. The van der Waals surface area contributed by atoms with Crippen molar-refractivity contribution in [3.63, 3.8) is 0 Å². The summed E-state index contributed by atoms with van der Waals surface area (Å²) in [4.78, 5) is 13.7. The van der Waals surface area contributed by atoms with E-state index in [2.05, 4.69) is 0 Å². The molecule has 0 spiro atoms. The van der Waals surface area contributed by atoms with E-state index >= 15 is 0 Å². The maximum Gasteiger partial charge on any atom is 0.340 e. The molecule has 0 unspecified atom stereocenters. The number of carbonyl (C=O) groups is 1. The number of carboxylic acids is 1. The first-order valence-electron chi connectivity index (χ1n) is 7.20. The highest BCUT2D eigenvalue weighted by molar-refractivity contribution is 6.09. The van der Waals surface area contributed by atoms with Gasteiger partial charge in [0.05, 0.1) is 0 Å². The van der Waals surface area contributed by atoms with Gasteiger partial charge in [0.15, 0.2) is 0 Å². The average molecular weight is 348 g/mol. The third kappa shape index (κ3) is 3.09. The summed E-state index contributed by atoms with van der Waals surface area (Å²) in [5.74, 6) is -0.707. The second-order valence-corrected chi connectivity index (χ2v) is 5.65. The number of aromatic carboxylic acids is 1. The number of fused-ring (bicyclic) bond motifs is 1.